The van der Waals surface area contributed by atoms with Crippen molar-refractivity contribution in [3.63, 3.8) is 0 Å². The molecule has 0 amide bonds. The highest BCUT2D eigenvalue weighted by atomic mass is 79.9. The molecule has 0 aliphatic heterocycles. The molecular formula is C30H24BrN7O4. The van der Waals surface area contributed by atoms with Gasteiger partial charge in [-0.05, 0) is 51.8 Å². The Kier molecular flexibility index (Phi) is 8.31. The molecule has 5 aromatic rings. The number of rotatable bonds is 9. The fourth-order valence-electron chi connectivity index (χ4n) is 4.26. The van der Waals surface area contributed by atoms with Crippen molar-refractivity contribution in [2.75, 3.05) is 12.5 Å². The normalized spacial score (nSPS) is 10.9. The average Bonchev–Trinajstić information content (AvgIpc) is 3.23. The lowest BCUT2D eigenvalue weighted by atomic mass is 10.1. The van der Waals surface area contributed by atoms with E-state index in [1.807, 2.05) is 42.5 Å². The quantitative estimate of drug-likeness (QED) is 0.180. The second-order valence-electron chi connectivity index (χ2n) is 8.92. The molecule has 2 N–H and O–H groups in total. The van der Waals surface area contributed by atoms with Gasteiger partial charge >= 0.3 is 0 Å². The fraction of sp³-hybridized carbons (Fsp3) is 0.100. The van der Waals surface area contributed by atoms with E-state index in [4.69, 9.17) is 9.47 Å². The standard InChI is InChI=1S/C30H24BrN7O4/c1-37-23(26(31)29(40)38(37)21-11-7-4-8-12-21)18-42-24-14-13-19(15-25(24)41-2)17-33-36-30-34-27(20-9-5-3-6-10-20)22(16-32)28(39)35-30/h3-15,17H,18H2,1-2H3,(H2,34,35,36,39). The van der Waals surface area contributed by atoms with Gasteiger partial charge in [0, 0.05) is 12.6 Å². The number of hydrazone groups is 1. The van der Waals surface area contributed by atoms with Crippen LogP contribution in [0.2, 0.25) is 0 Å². The van der Waals surface area contributed by atoms with E-state index in [1.54, 1.807) is 58.9 Å². The Bertz CT molecular complexity index is 1920. The van der Waals surface area contributed by atoms with Gasteiger partial charge in [0.1, 0.15) is 22.7 Å². The predicted octanol–water partition coefficient (Wildman–Crippen LogP) is 4.59. The van der Waals surface area contributed by atoms with Gasteiger partial charge in [-0.15, -0.1) is 0 Å². The summed E-state index contributed by atoms with van der Waals surface area (Å²) in [5.41, 5.74) is 4.82. The van der Waals surface area contributed by atoms with E-state index in [2.05, 4.69) is 36.4 Å². The van der Waals surface area contributed by atoms with Gasteiger partial charge in [0.2, 0.25) is 5.95 Å². The van der Waals surface area contributed by atoms with Crippen molar-refractivity contribution in [2.24, 2.45) is 12.1 Å². The van der Waals surface area contributed by atoms with Gasteiger partial charge in [-0.3, -0.25) is 19.3 Å². The molecule has 2 aromatic heterocycles. The molecule has 0 fully saturated rings. The Morgan fingerprint density at radius 2 is 1.79 bits per heavy atom. The minimum absolute atomic E-state index is 0.0830. The van der Waals surface area contributed by atoms with Gasteiger partial charge in [0.05, 0.1) is 30.4 Å². The molecular weight excluding hydrogens is 602 g/mol. The van der Waals surface area contributed by atoms with Crippen molar-refractivity contribution in [2.45, 2.75) is 6.61 Å². The largest absolute Gasteiger partial charge is 0.493 e. The fourth-order valence-corrected chi connectivity index (χ4v) is 4.80. The molecule has 3 aromatic carbocycles. The minimum atomic E-state index is -0.574. The lowest BCUT2D eigenvalue weighted by molar-refractivity contribution is 0.274. The number of aromatic nitrogens is 4. The highest BCUT2D eigenvalue weighted by Gasteiger charge is 2.18. The average molecular weight is 626 g/mol. The van der Waals surface area contributed by atoms with E-state index >= 15 is 0 Å². The van der Waals surface area contributed by atoms with Gasteiger partial charge in [0.15, 0.2) is 11.5 Å². The molecule has 0 bridgehead atoms. The number of anilines is 1. The van der Waals surface area contributed by atoms with E-state index in [1.165, 1.54) is 13.3 Å². The number of H-pyrrole nitrogens is 1. The lowest BCUT2D eigenvalue weighted by Gasteiger charge is -2.13. The number of nitrogens with zero attached hydrogens (tertiary/aromatic N) is 5. The summed E-state index contributed by atoms with van der Waals surface area (Å²) in [5.74, 6) is 1.01. The van der Waals surface area contributed by atoms with E-state index in [-0.39, 0.29) is 29.4 Å². The second kappa shape index (κ2) is 12.4. The summed E-state index contributed by atoms with van der Waals surface area (Å²) >= 11 is 3.41. The lowest BCUT2D eigenvalue weighted by Crippen LogP contribution is -2.19. The van der Waals surface area contributed by atoms with Crippen LogP contribution in [-0.2, 0) is 13.7 Å². The van der Waals surface area contributed by atoms with Crippen LogP contribution >= 0.6 is 15.9 Å². The van der Waals surface area contributed by atoms with Crippen LogP contribution in [0.15, 0.2) is 98.0 Å². The number of para-hydroxylation sites is 1. The SMILES string of the molecule is COc1cc(C=NNc2nc(-c3ccccc3)c(C#N)c(=O)[nH]2)ccc1OCc1c(Br)c(=O)n(-c2ccccc2)n1C. The maximum atomic E-state index is 12.9. The Morgan fingerprint density at radius 3 is 2.48 bits per heavy atom. The summed E-state index contributed by atoms with van der Waals surface area (Å²) < 4.78 is 15.3. The smallest absolute Gasteiger partial charge is 0.286 e. The van der Waals surface area contributed by atoms with Gasteiger partial charge in [-0.2, -0.15) is 10.4 Å². The molecule has 0 aliphatic carbocycles. The van der Waals surface area contributed by atoms with Crippen molar-refractivity contribution in [3.8, 4) is 34.5 Å². The minimum Gasteiger partial charge on any atom is -0.493 e. The first kappa shape index (κ1) is 28.1. The summed E-state index contributed by atoms with van der Waals surface area (Å²) in [4.78, 5) is 32.2. The van der Waals surface area contributed by atoms with Crippen LogP contribution in [0, 0.1) is 11.3 Å². The molecule has 12 heteroatoms. The van der Waals surface area contributed by atoms with Crippen molar-refractivity contribution in [1.29, 1.82) is 5.26 Å². The third-order valence-electron chi connectivity index (χ3n) is 6.34. The highest BCUT2D eigenvalue weighted by Crippen LogP contribution is 2.29. The zero-order valence-corrected chi connectivity index (χ0v) is 24.1. The summed E-state index contributed by atoms with van der Waals surface area (Å²) in [6.07, 6.45) is 1.52. The molecule has 0 spiro atoms. The van der Waals surface area contributed by atoms with Crippen LogP contribution < -0.4 is 26.0 Å². The highest BCUT2D eigenvalue weighted by molar-refractivity contribution is 9.10. The zero-order valence-electron chi connectivity index (χ0n) is 22.5. The molecule has 2 heterocycles. The Morgan fingerprint density at radius 1 is 1.07 bits per heavy atom. The first-order valence-electron chi connectivity index (χ1n) is 12.6. The van der Waals surface area contributed by atoms with Crippen LogP contribution in [0.1, 0.15) is 16.8 Å². The van der Waals surface area contributed by atoms with Gasteiger partial charge in [-0.25, -0.2) is 15.1 Å². The molecule has 0 atom stereocenters. The number of halogens is 1. The van der Waals surface area contributed by atoms with Crippen LogP contribution in [0.25, 0.3) is 16.9 Å². The Hall–Kier alpha value is -5.41. The topological polar surface area (TPSA) is 139 Å². The summed E-state index contributed by atoms with van der Waals surface area (Å²) in [6.45, 7) is 0.110. The van der Waals surface area contributed by atoms with Crippen LogP contribution in [0.3, 0.4) is 0 Å². The number of nitriles is 1. The molecule has 0 unspecified atom stereocenters. The number of benzene rings is 3. The maximum Gasteiger partial charge on any atom is 0.286 e. The Balaban J connectivity index is 1.32. The summed E-state index contributed by atoms with van der Waals surface area (Å²) in [5, 5.41) is 13.6. The molecule has 5 rings (SSSR count). The van der Waals surface area contributed by atoms with Crippen molar-refractivity contribution in [1.82, 2.24) is 19.3 Å². The van der Waals surface area contributed by atoms with Crippen LogP contribution in [-0.4, -0.2) is 32.7 Å². The molecule has 0 radical (unpaired) electrons. The van der Waals surface area contributed by atoms with Crippen molar-refractivity contribution in [3.05, 3.63) is 121 Å². The van der Waals surface area contributed by atoms with E-state index < -0.39 is 5.56 Å². The van der Waals surface area contributed by atoms with Crippen molar-refractivity contribution < 1.29 is 9.47 Å². The van der Waals surface area contributed by atoms with Gasteiger partial charge in [-0.1, -0.05) is 48.5 Å². The zero-order chi connectivity index (χ0) is 29.6. The second-order valence-corrected chi connectivity index (χ2v) is 9.71. The van der Waals surface area contributed by atoms with E-state index in [0.29, 0.717) is 32.8 Å². The molecule has 0 aliphatic rings. The number of hydrogen-bond acceptors (Lipinski definition) is 8. The number of aromatic amines is 1. The first-order chi connectivity index (χ1) is 20.4. The number of methoxy groups -OCH3 is 1. The number of ether oxygens (including phenoxy) is 2. The van der Waals surface area contributed by atoms with Crippen LogP contribution in [0.5, 0.6) is 11.5 Å². The Labute approximate surface area is 248 Å². The van der Waals surface area contributed by atoms with E-state index in [9.17, 15) is 14.9 Å². The monoisotopic (exact) mass is 625 g/mol. The predicted molar refractivity (Wildman–Crippen MR) is 162 cm³/mol. The maximum absolute atomic E-state index is 12.9. The van der Waals surface area contributed by atoms with Gasteiger partial charge in [0.25, 0.3) is 11.1 Å². The summed E-state index contributed by atoms with van der Waals surface area (Å²) in [7, 11) is 3.32. The first-order valence-corrected chi connectivity index (χ1v) is 13.4. The molecule has 11 nitrogen and oxygen atoms in total. The number of hydrogen-bond donors (Lipinski definition) is 2. The molecule has 42 heavy (non-hydrogen) atoms. The van der Waals surface area contributed by atoms with Gasteiger partial charge < -0.3 is 9.47 Å². The molecule has 0 saturated heterocycles. The van der Waals surface area contributed by atoms with E-state index in [0.717, 1.165) is 5.69 Å². The third-order valence-corrected chi connectivity index (χ3v) is 7.14. The van der Waals surface area contributed by atoms with Crippen molar-refractivity contribution >= 4 is 28.1 Å². The summed E-state index contributed by atoms with van der Waals surface area (Å²) in [6, 6.07) is 25.4. The number of nitrogens with one attached hydrogen (secondary N) is 2. The molecule has 0 saturated carbocycles. The molecule has 210 valence electrons. The third kappa shape index (κ3) is 5.72. The van der Waals surface area contributed by atoms with Crippen LogP contribution in [0.4, 0.5) is 5.95 Å².